The largest absolute Gasteiger partial charge is 0.528 e. The Morgan fingerprint density at radius 2 is 0.800 bits per heavy atom. The molecule has 116 valence electrons. The predicted octanol–water partition coefficient (Wildman–Crippen LogP) is 3.06. The second kappa shape index (κ2) is 12.9. The summed E-state index contributed by atoms with van der Waals surface area (Å²) in [7, 11) is 0. The SMILES string of the molecule is C1CCCCC1.O=C(O)O.O=C(O)O.O=C1OC(=O)O1. The van der Waals surface area contributed by atoms with Crippen LogP contribution >= 0.6 is 0 Å². The third-order valence-electron chi connectivity index (χ3n) is 1.83. The molecular weight excluding hydrogens is 280 g/mol. The van der Waals surface area contributed by atoms with Gasteiger partial charge in [0.1, 0.15) is 0 Å². The van der Waals surface area contributed by atoms with Crippen LogP contribution in [0.4, 0.5) is 19.2 Å². The number of carboxylic acid groups (broad SMARTS) is 4. The van der Waals surface area contributed by atoms with E-state index >= 15 is 0 Å². The molecule has 1 heterocycles. The molecule has 4 N–H and O–H groups in total. The summed E-state index contributed by atoms with van der Waals surface area (Å²) in [4.78, 5) is 36.0. The van der Waals surface area contributed by atoms with Crippen molar-refractivity contribution in [2.24, 2.45) is 0 Å². The minimum atomic E-state index is -1.83. The van der Waals surface area contributed by atoms with Crippen LogP contribution in [0.25, 0.3) is 0 Å². The standard InChI is InChI=1S/C6H12.C2O4.2CH2O3/c1-2-4-6-5-3-1;3-1-5-2(4)6-1;2*2-1(3)4/h1-6H2;;2*(H2,2,3,4). The van der Waals surface area contributed by atoms with Gasteiger partial charge < -0.3 is 29.9 Å². The molecule has 1 aliphatic carbocycles. The molecule has 1 aliphatic heterocycles. The highest BCUT2D eigenvalue weighted by molar-refractivity contribution is 5.93. The number of carbonyl (C=O) groups excluding carboxylic acids is 2. The van der Waals surface area contributed by atoms with Gasteiger partial charge in [0.05, 0.1) is 0 Å². The summed E-state index contributed by atoms with van der Waals surface area (Å²) in [5, 5.41) is 27.9. The van der Waals surface area contributed by atoms with E-state index in [1.165, 1.54) is 38.5 Å². The zero-order valence-corrected chi connectivity index (χ0v) is 10.5. The highest BCUT2D eigenvalue weighted by Gasteiger charge is 2.27. The lowest BCUT2D eigenvalue weighted by Crippen LogP contribution is -2.27. The quantitative estimate of drug-likeness (QED) is 0.385. The number of hydrogen-bond acceptors (Lipinski definition) is 6. The molecule has 0 atom stereocenters. The highest BCUT2D eigenvalue weighted by atomic mass is 16.9. The van der Waals surface area contributed by atoms with Crippen LogP contribution in [0.2, 0.25) is 0 Å². The van der Waals surface area contributed by atoms with Crippen molar-refractivity contribution in [3.63, 3.8) is 0 Å². The second-order valence-electron chi connectivity index (χ2n) is 3.39. The van der Waals surface area contributed by atoms with Crippen LogP contribution < -0.4 is 0 Å². The molecule has 20 heavy (non-hydrogen) atoms. The lowest BCUT2D eigenvalue weighted by molar-refractivity contribution is 0.00674. The molecule has 0 aromatic heterocycles. The molecule has 0 aromatic carbocycles. The van der Waals surface area contributed by atoms with Crippen molar-refractivity contribution < 1.29 is 49.1 Å². The summed E-state index contributed by atoms with van der Waals surface area (Å²) < 4.78 is 7.28. The molecule has 0 bridgehead atoms. The monoisotopic (exact) mass is 296 g/mol. The maximum atomic E-state index is 9.44. The average Bonchev–Trinajstić information content (AvgIpc) is 2.29. The number of hydrogen-bond donors (Lipinski definition) is 4. The first-order valence-electron chi connectivity index (χ1n) is 5.53. The minimum absolute atomic E-state index is 0.917. The van der Waals surface area contributed by atoms with E-state index in [1.807, 2.05) is 0 Å². The van der Waals surface area contributed by atoms with E-state index in [4.69, 9.17) is 30.0 Å². The Labute approximate surface area is 113 Å². The Morgan fingerprint density at radius 3 is 0.850 bits per heavy atom. The summed E-state index contributed by atoms with van der Waals surface area (Å²) in [5.41, 5.74) is 0. The van der Waals surface area contributed by atoms with Gasteiger partial charge in [-0.3, -0.25) is 0 Å². The molecule has 0 spiro atoms. The molecule has 2 fully saturated rings. The molecule has 0 unspecified atom stereocenters. The summed E-state index contributed by atoms with van der Waals surface area (Å²) >= 11 is 0. The zero-order chi connectivity index (χ0) is 16.0. The zero-order valence-electron chi connectivity index (χ0n) is 10.5. The van der Waals surface area contributed by atoms with Crippen LogP contribution in [-0.2, 0) is 9.47 Å². The summed E-state index contributed by atoms with van der Waals surface area (Å²) in [6.45, 7) is 0. The van der Waals surface area contributed by atoms with E-state index in [-0.39, 0.29) is 0 Å². The van der Waals surface area contributed by atoms with E-state index in [0.717, 1.165) is 0 Å². The van der Waals surface area contributed by atoms with Crippen molar-refractivity contribution in [2.45, 2.75) is 38.5 Å². The first-order valence-corrected chi connectivity index (χ1v) is 5.53. The van der Waals surface area contributed by atoms with Crippen molar-refractivity contribution in [1.29, 1.82) is 0 Å². The smallest absolute Gasteiger partial charge is 0.450 e. The molecule has 2 rings (SSSR count). The predicted molar refractivity (Wildman–Crippen MR) is 62.0 cm³/mol. The topological polar surface area (TPSA) is 168 Å². The van der Waals surface area contributed by atoms with Gasteiger partial charge in [0.15, 0.2) is 0 Å². The number of ether oxygens (including phenoxy) is 2. The fourth-order valence-corrected chi connectivity index (χ4v) is 1.20. The van der Waals surface area contributed by atoms with Gasteiger partial charge in [-0.25, -0.2) is 19.2 Å². The van der Waals surface area contributed by atoms with Crippen LogP contribution in [0.1, 0.15) is 38.5 Å². The van der Waals surface area contributed by atoms with Crippen molar-refractivity contribution in [1.82, 2.24) is 0 Å². The molecule has 10 nitrogen and oxygen atoms in total. The van der Waals surface area contributed by atoms with Gasteiger partial charge in [0, 0.05) is 0 Å². The van der Waals surface area contributed by atoms with Gasteiger partial charge in [0.25, 0.3) is 0 Å². The van der Waals surface area contributed by atoms with Crippen molar-refractivity contribution in [2.75, 3.05) is 0 Å². The van der Waals surface area contributed by atoms with Crippen LogP contribution in [0.3, 0.4) is 0 Å². The highest BCUT2D eigenvalue weighted by Crippen LogP contribution is 2.15. The summed E-state index contributed by atoms with van der Waals surface area (Å²) in [6.07, 6.45) is 3.50. The molecule has 1 saturated carbocycles. The van der Waals surface area contributed by atoms with Gasteiger partial charge in [-0.05, 0) is 0 Å². The van der Waals surface area contributed by atoms with E-state index in [9.17, 15) is 9.59 Å². The van der Waals surface area contributed by atoms with Crippen LogP contribution in [-0.4, -0.2) is 45.0 Å². The van der Waals surface area contributed by atoms with Crippen LogP contribution in [0.15, 0.2) is 0 Å². The first kappa shape index (κ1) is 19.8. The summed E-state index contributed by atoms with van der Waals surface area (Å²) in [6, 6.07) is 0. The van der Waals surface area contributed by atoms with Gasteiger partial charge in [-0.15, -0.1) is 0 Å². The third kappa shape index (κ3) is 24.6. The minimum Gasteiger partial charge on any atom is -0.450 e. The normalized spacial score (nSPS) is 15.0. The number of cyclic esters (lactones) is 4. The molecule has 0 radical (unpaired) electrons. The maximum absolute atomic E-state index is 9.44. The lowest BCUT2D eigenvalue weighted by atomic mass is 10.0. The molecule has 0 amide bonds. The Hall–Kier alpha value is -2.52. The fourth-order valence-electron chi connectivity index (χ4n) is 1.20. The molecule has 1 saturated heterocycles. The van der Waals surface area contributed by atoms with Gasteiger partial charge in [-0.1, -0.05) is 38.5 Å². The van der Waals surface area contributed by atoms with Crippen LogP contribution in [0, 0.1) is 0 Å². The third-order valence-corrected chi connectivity index (χ3v) is 1.83. The molecule has 0 aromatic rings. The van der Waals surface area contributed by atoms with E-state index in [2.05, 4.69) is 9.47 Å². The van der Waals surface area contributed by atoms with Crippen molar-refractivity contribution >= 4 is 24.6 Å². The molecule has 2 aliphatic rings. The van der Waals surface area contributed by atoms with Crippen molar-refractivity contribution in [3.8, 4) is 0 Å². The van der Waals surface area contributed by atoms with E-state index < -0.39 is 24.6 Å². The Balaban J connectivity index is 0. The van der Waals surface area contributed by atoms with Gasteiger partial charge in [-0.2, -0.15) is 0 Å². The maximum Gasteiger partial charge on any atom is 0.528 e. The van der Waals surface area contributed by atoms with Crippen molar-refractivity contribution in [3.05, 3.63) is 0 Å². The summed E-state index contributed by atoms with van der Waals surface area (Å²) in [5.74, 6) is 0. The van der Waals surface area contributed by atoms with Crippen LogP contribution in [0.5, 0.6) is 0 Å². The van der Waals surface area contributed by atoms with E-state index in [0.29, 0.717) is 0 Å². The fraction of sp³-hybridized carbons (Fsp3) is 0.600. The van der Waals surface area contributed by atoms with Gasteiger partial charge in [0.2, 0.25) is 0 Å². The van der Waals surface area contributed by atoms with E-state index in [1.54, 1.807) is 0 Å². The average molecular weight is 296 g/mol. The van der Waals surface area contributed by atoms with Gasteiger partial charge >= 0.3 is 24.6 Å². The number of rotatable bonds is 0. The lowest BCUT2D eigenvalue weighted by Gasteiger charge is -2.05. The Bertz CT molecular complexity index is 266. The molecule has 10 heteroatoms. The molecular formula is C10H16O10. The Morgan fingerprint density at radius 1 is 0.650 bits per heavy atom. The Kier molecular flexibility index (Phi) is 12.8. The number of carbonyl (C=O) groups is 4. The second-order valence-corrected chi connectivity index (χ2v) is 3.39. The first-order chi connectivity index (χ1) is 9.25.